The van der Waals surface area contributed by atoms with E-state index in [-0.39, 0.29) is 35.8 Å². The number of hydrogen-bond acceptors (Lipinski definition) is 5. The molecular weight excluding hydrogens is 520 g/mol. The molecule has 9 heteroatoms. The van der Waals surface area contributed by atoms with Gasteiger partial charge in [-0.05, 0) is 71.6 Å². The van der Waals surface area contributed by atoms with Crippen molar-refractivity contribution in [3.8, 4) is 5.75 Å². The molecule has 1 unspecified atom stereocenters. The maximum atomic E-state index is 14.2. The molecule has 0 radical (unpaired) electrons. The van der Waals surface area contributed by atoms with E-state index < -0.39 is 11.9 Å². The molecule has 4 aromatic rings. The lowest BCUT2D eigenvalue weighted by Crippen LogP contribution is -2.42. The fourth-order valence-corrected chi connectivity index (χ4v) is 5.33. The standard InChI is InChI=1S/C30H27F2N3O3S/c1-18(2)30(37)35-13-12-19-6-11-24(15-25(19)28(35)20-4-3-5-22(32)14-20)38-16-27-34-26(17-39-27)29(36)33-23-9-7-21(31)8-10-23/h3-11,14-15,17-18,28H,12-13,16H2,1-2H3,(H,33,36). The second-order valence-electron chi connectivity index (χ2n) is 9.63. The molecule has 3 aromatic carbocycles. The summed E-state index contributed by atoms with van der Waals surface area (Å²) in [4.78, 5) is 31.8. The summed E-state index contributed by atoms with van der Waals surface area (Å²) in [6.45, 7) is 4.42. The second-order valence-corrected chi connectivity index (χ2v) is 10.6. The van der Waals surface area contributed by atoms with Gasteiger partial charge in [0.2, 0.25) is 5.91 Å². The van der Waals surface area contributed by atoms with Crippen LogP contribution in [0.3, 0.4) is 0 Å². The molecule has 1 aliphatic rings. The zero-order chi connectivity index (χ0) is 27.5. The van der Waals surface area contributed by atoms with Crippen LogP contribution in [0.4, 0.5) is 14.5 Å². The Morgan fingerprint density at radius 3 is 2.62 bits per heavy atom. The lowest BCUT2D eigenvalue weighted by Gasteiger charge is -2.39. The minimum Gasteiger partial charge on any atom is -0.486 e. The van der Waals surface area contributed by atoms with E-state index >= 15 is 0 Å². The lowest BCUT2D eigenvalue weighted by atomic mass is 9.87. The maximum Gasteiger partial charge on any atom is 0.275 e. The number of carbonyl (C=O) groups excluding carboxylic acids is 2. The molecule has 0 spiro atoms. The van der Waals surface area contributed by atoms with E-state index in [0.29, 0.717) is 35.0 Å². The number of carbonyl (C=O) groups is 2. The van der Waals surface area contributed by atoms with Crippen LogP contribution in [0.25, 0.3) is 0 Å². The molecule has 0 saturated heterocycles. The van der Waals surface area contributed by atoms with Crippen LogP contribution in [0.1, 0.15) is 52.1 Å². The van der Waals surface area contributed by atoms with E-state index in [1.54, 1.807) is 11.4 Å². The fourth-order valence-electron chi connectivity index (χ4n) is 4.64. The smallest absolute Gasteiger partial charge is 0.275 e. The molecule has 5 rings (SSSR count). The molecule has 1 atom stereocenters. The molecule has 2 amide bonds. The Morgan fingerprint density at radius 2 is 1.87 bits per heavy atom. The first-order valence-corrected chi connectivity index (χ1v) is 13.5. The van der Waals surface area contributed by atoms with Crippen LogP contribution in [0.2, 0.25) is 0 Å². The van der Waals surface area contributed by atoms with E-state index in [2.05, 4.69) is 10.3 Å². The molecule has 6 nitrogen and oxygen atoms in total. The molecule has 0 fully saturated rings. The summed E-state index contributed by atoms with van der Waals surface area (Å²) >= 11 is 1.29. The number of nitrogens with zero attached hydrogens (tertiary/aromatic N) is 2. The molecule has 0 aliphatic carbocycles. The van der Waals surface area contributed by atoms with Gasteiger partial charge in [0.1, 0.15) is 34.7 Å². The zero-order valence-corrected chi connectivity index (χ0v) is 22.3. The number of aromatic nitrogens is 1. The lowest BCUT2D eigenvalue weighted by molar-refractivity contribution is -0.136. The normalized spacial score (nSPS) is 14.7. The first-order valence-electron chi connectivity index (χ1n) is 12.6. The van der Waals surface area contributed by atoms with E-state index in [9.17, 15) is 18.4 Å². The maximum absolute atomic E-state index is 14.2. The minimum absolute atomic E-state index is 0.00969. The number of hydrogen-bond donors (Lipinski definition) is 1. The average Bonchev–Trinajstić information content (AvgIpc) is 3.41. The quantitative estimate of drug-likeness (QED) is 0.291. The van der Waals surface area contributed by atoms with Gasteiger partial charge in [0.25, 0.3) is 5.91 Å². The fraction of sp³-hybridized carbons (Fsp3) is 0.233. The van der Waals surface area contributed by atoms with Gasteiger partial charge in [0.15, 0.2) is 0 Å². The highest BCUT2D eigenvalue weighted by atomic mass is 32.1. The highest BCUT2D eigenvalue weighted by Gasteiger charge is 2.33. The van der Waals surface area contributed by atoms with Gasteiger partial charge in [0.05, 0.1) is 6.04 Å². The second kappa shape index (κ2) is 11.3. The van der Waals surface area contributed by atoms with Crippen molar-refractivity contribution in [3.05, 3.63) is 111 Å². The Bertz CT molecular complexity index is 1500. The predicted octanol–water partition coefficient (Wildman–Crippen LogP) is 6.38. The number of nitrogens with one attached hydrogen (secondary N) is 1. The Labute approximate surface area is 229 Å². The van der Waals surface area contributed by atoms with Crippen LogP contribution in [0.15, 0.2) is 72.1 Å². The van der Waals surface area contributed by atoms with Gasteiger partial charge in [-0.2, -0.15) is 0 Å². The van der Waals surface area contributed by atoms with Crippen molar-refractivity contribution in [3.63, 3.8) is 0 Å². The molecule has 0 saturated carbocycles. The van der Waals surface area contributed by atoms with E-state index in [1.165, 1.54) is 47.7 Å². The highest BCUT2D eigenvalue weighted by Crippen LogP contribution is 2.38. The number of benzene rings is 3. The first-order chi connectivity index (χ1) is 18.8. The molecule has 0 bridgehead atoms. The number of thiazole rings is 1. The molecular formula is C30H27F2N3O3S. The third kappa shape index (κ3) is 5.98. The van der Waals surface area contributed by atoms with Gasteiger partial charge in [-0.3, -0.25) is 9.59 Å². The minimum atomic E-state index is -0.426. The van der Waals surface area contributed by atoms with Gasteiger partial charge in [0, 0.05) is 23.5 Å². The van der Waals surface area contributed by atoms with Gasteiger partial charge in [-0.1, -0.05) is 32.0 Å². The summed E-state index contributed by atoms with van der Waals surface area (Å²) in [5, 5.41) is 4.94. The molecule has 1 aromatic heterocycles. The molecule has 1 aliphatic heterocycles. The van der Waals surface area contributed by atoms with Crippen LogP contribution in [0, 0.1) is 17.6 Å². The zero-order valence-electron chi connectivity index (χ0n) is 21.5. The van der Waals surface area contributed by atoms with Crippen LogP contribution < -0.4 is 10.1 Å². The summed E-state index contributed by atoms with van der Waals surface area (Å²) in [7, 11) is 0. The predicted molar refractivity (Wildman–Crippen MR) is 146 cm³/mol. The van der Waals surface area contributed by atoms with Crippen molar-refractivity contribution in [2.24, 2.45) is 5.92 Å². The van der Waals surface area contributed by atoms with Crippen molar-refractivity contribution in [1.29, 1.82) is 0 Å². The van der Waals surface area contributed by atoms with Gasteiger partial charge >= 0.3 is 0 Å². The highest BCUT2D eigenvalue weighted by molar-refractivity contribution is 7.09. The summed E-state index contributed by atoms with van der Waals surface area (Å²) in [5.74, 6) is -0.735. The number of fused-ring (bicyclic) bond motifs is 1. The van der Waals surface area contributed by atoms with Crippen molar-refractivity contribution < 1.29 is 23.1 Å². The van der Waals surface area contributed by atoms with E-state index in [1.807, 2.05) is 43.0 Å². The molecule has 200 valence electrons. The van der Waals surface area contributed by atoms with E-state index in [0.717, 1.165) is 11.1 Å². The van der Waals surface area contributed by atoms with Gasteiger partial charge in [-0.15, -0.1) is 11.3 Å². The number of halogens is 2. The Balaban J connectivity index is 1.34. The Morgan fingerprint density at radius 1 is 1.08 bits per heavy atom. The van der Waals surface area contributed by atoms with Crippen LogP contribution in [-0.4, -0.2) is 28.2 Å². The van der Waals surface area contributed by atoms with Crippen molar-refractivity contribution in [1.82, 2.24) is 9.88 Å². The summed E-state index contributed by atoms with van der Waals surface area (Å²) in [5.41, 5.74) is 3.40. The summed E-state index contributed by atoms with van der Waals surface area (Å²) < 4.78 is 33.3. The molecule has 1 N–H and O–H groups in total. The largest absolute Gasteiger partial charge is 0.486 e. The third-order valence-electron chi connectivity index (χ3n) is 6.54. The number of ether oxygens (including phenoxy) is 1. The van der Waals surface area contributed by atoms with Gasteiger partial charge < -0.3 is 15.0 Å². The summed E-state index contributed by atoms with van der Waals surface area (Å²) in [6, 6.07) is 17.2. The topological polar surface area (TPSA) is 71.5 Å². The van der Waals surface area contributed by atoms with Crippen LogP contribution >= 0.6 is 11.3 Å². The average molecular weight is 548 g/mol. The van der Waals surface area contributed by atoms with Gasteiger partial charge in [-0.25, -0.2) is 13.8 Å². The van der Waals surface area contributed by atoms with E-state index in [4.69, 9.17) is 4.74 Å². The summed E-state index contributed by atoms with van der Waals surface area (Å²) in [6.07, 6.45) is 0.693. The molecule has 39 heavy (non-hydrogen) atoms. The SMILES string of the molecule is CC(C)C(=O)N1CCc2ccc(OCc3nc(C(=O)Nc4ccc(F)cc4)cs3)cc2C1c1cccc(F)c1. The molecule has 2 heterocycles. The number of amides is 2. The monoisotopic (exact) mass is 547 g/mol. The van der Waals surface area contributed by atoms with Crippen LogP contribution in [0.5, 0.6) is 5.75 Å². The Kier molecular flexibility index (Phi) is 7.70. The third-order valence-corrected chi connectivity index (χ3v) is 7.36. The van der Waals surface area contributed by atoms with Crippen molar-refractivity contribution in [2.45, 2.75) is 32.9 Å². The number of rotatable bonds is 7. The van der Waals surface area contributed by atoms with Crippen molar-refractivity contribution in [2.75, 3.05) is 11.9 Å². The van der Waals surface area contributed by atoms with Crippen LogP contribution in [-0.2, 0) is 17.8 Å². The number of anilines is 1. The Hall–Kier alpha value is -4.11. The first kappa shape index (κ1) is 26.5. The van der Waals surface area contributed by atoms with Crippen molar-refractivity contribution >= 4 is 28.8 Å².